The highest BCUT2D eigenvalue weighted by Gasteiger charge is 2.15. The zero-order valence-electron chi connectivity index (χ0n) is 21.6. The van der Waals surface area contributed by atoms with Crippen molar-refractivity contribution in [2.75, 3.05) is 0 Å². The minimum atomic E-state index is 0.926. The van der Waals surface area contributed by atoms with Crippen molar-refractivity contribution in [3.8, 4) is 33.6 Å². The molecule has 0 bridgehead atoms. The number of nitrogens with zero attached hydrogens (tertiary/aromatic N) is 3. The fraction of sp³-hybridized carbons (Fsp3) is 0. The molecule has 0 saturated heterocycles. The van der Waals surface area contributed by atoms with Crippen molar-refractivity contribution < 1.29 is 0 Å². The fourth-order valence-corrected chi connectivity index (χ4v) is 5.76. The van der Waals surface area contributed by atoms with Crippen LogP contribution in [0.1, 0.15) is 0 Å². The fourth-order valence-electron chi connectivity index (χ4n) is 5.76. The van der Waals surface area contributed by atoms with Gasteiger partial charge in [0.1, 0.15) is 0 Å². The molecule has 0 amide bonds. The second-order valence-corrected chi connectivity index (χ2v) is 10.1. The Hall–Kier alpha value is -5.41. The van der Waals surface area contributed by atoms with Crippen LogP contribution in [-0.2, 0) is 0 Å². The summed E-state index contributed by atoms with van der Waals surface area (Å²) in [5, 5.41) is 5.73. The third-order valence-corrected chi connectivity index (χ3v) is 7.70. The Morgan fingerprint density at radius 2 is 1.15 bits per heavy atom. The van der Waals surface area contributed by atoms with Crippen LogP contribution in [0.3, 0.4) is 0 Å². The number of para-hydroxylation sites is 1. The van der Waals surface area contributed by atoms with Gasteiger partial charge in [-0.05, 0) is 29.3 Å². The molecule has 40 heavy (non-hydrogen) atoms. The standard InChI is InChI=1S/C37H23N3/c1-2-8-24(9-3-1)29-12-6-13-31-34(29)30-11-4-5-14-33(30)40-35(31)27-17-15-25(16-18-27)32-22-21-28-20-19-26-10-7-23-38-36(26)37(28)39-32/h1-23H. The zero-order chi connectivity index (χ0) is 26.5. The van der Waals surface area contributed by atoms with E-state index >= 15 is 0 Å². The number of benzene rings is 5. The van der Waals surface area contributed by atoms with E-state index in [9.17, 15) is 0 Å². The smallest absolute Gasteiger partial charge is 0.0972 e. The van der Waals surface area contributed by atoms with Gasteiger partial charge in [0, 0.05) is 44.3 Å². The molecule has 8 rings (SSSR count). The molecule has 3 nitrogen and oxygen atoms in total. The normalized spacial score (nSPS) is 11.5. The van der Waals surface area contributed by atoms with E-state index in [-0.39, 0.29) is 0 Å². The van der Waals surface area contributed by atoms with E-state index in [0.717, 1.165) is 55.2 Å². The third kappa shape index (κ3) is 3.63. The summed E-state index contributed by atoms with van der Waals surface area (Å²) in [6.45, 7) is 0. The summed E-state index contributed by atoms with van der Waals surface area (Å²) in [6, 6.07) is 46.6. The molecule has 8 aromatic rings. The SMILES string of the molecule is c1ccc(-c2cccc3c(-c4ccc(-c5ccc6ccc7cccnc7c6n5)cc4)nc4ccccc4c23)cc1. The predicted octanol–water partition coefficient (Wildman–Crippen LogP) is 9.49. The van der Waals surface area contributed by atoms with Crippen LogP contribution in [0.25, 0.3) is 77.1 Å². The maximum Gasteiger partial charge on any atom is 0.0972 e. The molecule has 0 spiro atoms. The monoisotopic (exact) mass is 509 g/mol. The van der Waals surface area contributed by atoms with E-state index < -0.39 is 0 Å². The minimum absolute atomic E-state index is 0.926. The molecular weight excluding hydrogens is 486 g/mol. The second kappa shape index (κ2) is 9.11. The highest BCUT2D eigenvalue weighted by Crippen LogP contribution is 2.38. The van der Waals surface area contributed by atoms with Gasteiger partial charge in [0.05, 0.1) is 27.9 Å². The van der Waals surface area contributed by atoms with Crippen LogP contribution in [-0.4, -0.2) is 15.0 Å². The number of hydrogen-bond acceptors (Lipinski definition) is 3. The Morgan fingerprint density at radius 3 is 2.02 bits per heavy atom. The van der Waals surface area contributed by atoms with E-state index in [2.05, 4.69) is 132 Å². The molecule has 3 aromatic heterocycles. The Morgan fingerprint density at radius 1 is 0.425 bits per heavy atom. The minimum Gasteiger partial charge on any atom is -0.254 e. The summed E-state index contributed by atoms with van der Waals surface area (Å²) in [7, 11) is 0. The highest BCUT2D eigenvalue weighted by molar-refractivity contribution is 6.17. The Bertz CT molecular complexity index is 2200. The van der Waals surface area contributed by atoms with Gasteiger partial charge < -0.3 is 0 Å². The molecule has 0 saturated carbocycles. The van der Waals surface area contributed by atoms with Crippen LogP contribution in [0, 0.1) is 0 Å². The van der Waals surface area contributed by atoms with E-state index in [1.54, 1.807) is 0 Å². The first-order chi connectivity index (χ1) is 19.8. The number of pyridine rings is 3. The zero-order valence-corrected chi connectivity index (χ0v) is 21.6. The summed E-state index contributed by atoms with van der Waals surface area (Å²) in [5.41, 5.74) is 9.33. The molecule has 3 heterocycles. The number of hydrogen-bond donors (Lipinski definition) is 0. The molecule has 0 atom stereocenters. The predicted molar refractivity (Wildman–Crippen MR) is 166 cm³/mol. The molecule has 0 N–H and O–H groups in total. The number of fused-ring (bicyclic) bond motifs is 6. The van der Waals surface area contributed by atoms with E-state index in [1.807, 2.05) is 12.3 Å². The van der Waals surface area contributed by atoms with Crippen molar-refractivity contribution in [2.24, 2.45) is 0 Å². The van der Waals surface area contributed by atoms with E-state index in [4.69, 9.17) is 9.97 Å². The van der Waals surface area contributed by atoms with Crippen LogP contribution >= 0.6 is 0 Å². The van der Waals surface area contributed by atoms with Crippen molar-refractivity contribution in [3.05, 3.63) is 140 Å². The maximum absolute atomic E-state index is 5.16. The Balaban J connectivity index is 1.29. The van der Waals surface area contributed by atoms with Gasteiger partial charge in [0.25, 0.3) is 0 Å². The Labute approximate surface area is 231 Å². The van der Waals surface area contributed by atoms with Gasteiger partial charge in [-0.15, -0.1) is 0 Å². The molecule has 0 radical (unpaired) electrons. The first-order valence-electron chi connectivity index (χ1n) is 13.5. The molecular formula is C37H23N3. The lowest BCUT2D eigenvalue weighted by Gasteiger charge is -2.14. The van der Waals surface area contributed by atoms with Crippen molar-refractivity contribution >= 4 is 43.5 Å². The van der Waals surface area contributed by atoms with E-state index in [0.29, 0.717) is 0 Å². The second-order valence-electron chi connectivity index (χ2n) is 10.1. The molecule has 0 aliphatic carbocycles. The Kier molecular flexibility index (Phi) is 5.14. The maximum atomic E-state index is 5.16. The van der Waals surface area contributed by atoms with Crippen molar-refractivity contribution in [1.29, 1.82) is 0 Å². The lowest BCUT2D eigenvalue weighted by molar-refractivity contribution is 1.37. The summed E-state index contributed by atoms with van der Waals surface area (Å²) in [4.78, 5) is 14.8. The molecule has 186 valence electrons. The van der Waals surface area contributed by atoms with Crippen LogP contribution in [0.4, 0.5) is 0 Å². The van der Waals surface area contributed by atoms with Gasteiger partial charge in [-0.1, -0.05) is 115 Å². The van der Waals surface area contributed by atoms with Gasteiger partial charge in [0.2, 0.25) is 0 Å². The topological polar surface area (TPSA) is 38.7 Å². The quantitative estimate of drug-likeness (QED) is 0.223. The summed E-state index contributed by atoms with van der Waals surface area (Å²) in [5.74, 6) is 0. The van der Waals surface area contributed by atoms with Crippen LogP contribution in [0.5, 0.6) is 0 Å². The largest absolute Gasteiger partial charge is 0.254 e. The van der Waals surface area contributed by atoms with Crippen molar-refractivity contribution in [2.45, 2.75) is 0 Å². The van der Waals surface area contributed by atoms with E-state index in [1.165, 1.54) is 21.9 Å². The molecule has 0 fully saturated rings. The average molecular weight is 510 g/mol. The van der Waals surface area contributed by atoms with Crippen LogP contribution in [0.15, 0.2) is 140 Å². The molecule has 0 aliphatic heterocycles. The van der Waals surface area contributed by atoms with Gasteiger partial charge in [-0.3, -0.25) is 4.98 Å². The van der Waals surface area contributed by atoms with Gasteiger partial charge >= 0.3 is 0 Å². The van der Waals surface area contributed by atoms with Crippen LogP contribution < -0.4 is 0 Å². The number of aromatic nitrogens is 3. The van der Waals surface area contributed by atoms with Crippen molar-refractivity contribution in [3.63, 3.8) is 0 Å². The summed E-state index contributed by atoms with van der Waals surface area (Å²) >= 11 is 0. The molecule has 0 aliphatic rings. The van der Waals surface area contributed by atoms with Crippen LogP contribution in [0.2, 0.25) is 0 Å². The van der Waals surface area contributed by atoms with Crippen molar-refractivity contribution in [1.82, 2.24) is 15.0 Å². The van der Waals surface area contributed by atoms with Gasteiger partial charge in [-0.2, -0.15) is 0 Å². The summed E-state index contributed by atoms with van der Waals surface area (Å²) < 4.78 is 0. The first-order valence-corrected chi connectivity index (χ1v) is 13.5. The third-order valence-electron chi connectivity index (χ3n) is 7.70. The van der Waals surface area contributed by atoms with Gasteiger partial charge in [0.15, 0.2) is 0 Å². The molecule has 0 unspecified atom stereocenters. The lowest BCUT2D eigenvalue weighted by atomic mass is 9.93. The summed E-state index contributed by atoms with van der Waals surface area (Å²) in [6.07, 6.45) is 1.83. The first kappa shape index (κ1) is 22.6. The lowest BCUT2D eigenvalue weighted by Crippen LogP contribution is -1.92. The number of rotatable bonds is 3. The van der Waals surface area contributed by atoms with Gasteiger partial charge in [-0.25, -0.2) is 9.97 Å². The highest BCUT2D eigenvalue weighted by atomic mass is 14.8. The molecule has 3 heteroatoms. The molecule has 5 aromatic carbocycles. The average Bonchev–Trinajstić information content (AvgIpc) is 3.04.